The zero-order valence-corrected chi connectivity index (χ0v) is 32.1. The second kappa shape index (κ2) is 15.4. The Morgan fingerprint density at radius 2 is 1.81 bits per heavy atom. The molecule has 1 saturated heterocycles. The Bertz CT molecular complexity index is 2310. The van der Waals surface area contributed by atoms with Gasteiger partial charge in [-0.3, -0.25) is 33.0 Å². The number of piperazine rings is 1. The van der Waals surface area contributed by atoms with Gasteiger partial charge >= 0.3 is 10.4 Å². The molecule has 2 aliphatic rings. The number of carbonyl (C=O) groups excluding carboxylic acids is 2. The van der Waals surface area contributed by atoms with Crippen LogP contribution in [0.25, 0.3) is 28.0 Å². The van der Waals surface area contributed by atoms with Gasteiger partial charge in [0.2, 0.25) is 5.91 Å². The summed E-state index contributed by atoms with van der Waals surface area (Å²) in [4.78, 5) is 59.0. The number of phenols is 1. The number of likely N-dealkylation sites (N-methyl/N-ethyl adjacent to an activating group) is 1. The normalized spacial score (nSPS) is 17.0. The highest BCUT2D eigenvalue weighted by molar-refractivity contribution is 7.79. The zero-order chi connectivity index (χ0) is 40.0. The van der Waals surface area contributed by atoms with Crippen LogP contribution in [0, 0.1) is 12.7 Å². The van der Waals surface area contributed by atoms with Crippen molar-refractivity contribution in [1.29, 1.82) is 0 Å². The first-order valence-corrected chi connectivity index (χ1v) is 18.6. The topological polar surface area (TPSA) is 190 Å². The molecule has 0 saturated carbocycles. The fourth-order valence-electron chi connectivity index (χ4n) is 6.87. The Morgan fingerprint density at radius 3 is 2.41 bits per heavy atom. The minimum absolute atomic E-state index is 0.0362. The van der Waals surface area contributed by atoms with E-state index in [9.17, 15) is 14.7 Å². The number of phenolic OH excluding ortho intramolecular Hbond substituents is 1. The quantitative estimate of drug-likeness (QED) is 0.179. The van der Waals surface area contributed by atoms with Crippen molar-refractivity contribution < 1.29 is 36.6 Å². The van der Waals surface area contributed by atoms with Crippen LogP contribution in [0.5, 0.6) is 5.75 Å². The van der Waals surface area contributed by atoms with E-state index in [1.807, 2.05) is 51.6 Å². The minimum Gasteiger partial charge on any atom is -0.507 e. The molecule has 2 atom stereocenters. The highest BCUT2D eigenvalue weighted by atomic mass is 35.5. The number of aromatic hydroxyl groups is 1. The first kappa shape index (κ1) is 40.2. The molecule has 2 amide bonds. The van der Waals surface area contributed by atoms with E-state index in [1.54, 1.807) is 23.2 Å². The van der Waals surface area contributed by atoms with Crippen LogP contribution < -0.4 is 15.4 Å². The summed E-state index contributed by atoms with van der Waals surface area (Å²) in [5.74, 6) is -1.82. The number of amides is 2. The molecule has 54 heavy (non-hydrogen) atoms. The lowest BCUT2D eigenvalue weighted by Crippen LogP contribution is -2.67. The largest absolute Gasteiger partial charge is 0.507 e. The summed E-state index contributed by atoms with van der Waals surface area (Å²) in [6.45, 7) is 12.3. The molecule has 18 heteroatoms. The Labute approximate surface area is 316 Å². The van der Waals surface area contributed by atoms with Gasteiger partial charge in [0.1, 0.15) is 23.3 Å². The van der Waals surface area contributed by atoms with E-state index in [4.69, 9.17) is 34.1 Å². The number of hydrogen-bond donors (Lipinski definition) is 3. The van der Waals surface area contributed by atoms with Gasteiger partial charge in [-0.05, 0) is 69.8 Å². The van der Waals surface area contributed by atoms with Crippen LogP contribution in [-0.2, 0) is 20.0 Å². The third-order valence-corrected chi connectivity index (χ3v) is 9.57. The van der Waals surface area contributed by atoms with Gasteiger partial charge in [0.25, 0.3) is 11.5 Å². The predicted octanol–water partition coefficient (Wildman–Crippen LogP) is 4.22. The molecule has 0 bridgehead atoms. The molecule has 0 aliphatic carbocycles. The number of carbonyl (C=O) groups is 2. The first-order valence-electron chi connectivity index (χ1n) is 16.8. The molecule has 3 N–H and O–H groups in total. The van der Waals surface area contributed by atoms with Crippen molar-refractivity contribution in [1.82, 2.24) is 24.3 Å². The molecule has 0 unspecified atom stereocenters. The van der Waals surface area contributed by atoms with Gasteiger partial charge in [-0.25, -0.2) is 9.37 Å². The molecule has 2 aliphatic heterocycles. The van der Waals surface area contributed by atoms with Crippen molar-refractivity contribution in [3.05, 3.63) is 81.6 Å². The molecule has 6 rings (SSSR count). The van der Waals surface area contributed by atoms with Crippen molar-refractivity contribution in [3.63, 3.8) is 0 Å². The maximum Gasteiger partial charge on any atom is 0.394 e. The summed E-state index contributed by atoms with van der Waals surface area (Å²) in [5, 5.41) is 11.2. The SMILES string of the molecule is C=CC(=O)N1C[C@@H]2C(=O)N(CCN(C)C)c3c(c4cc(Cl)c(-c5c(O)cccc5F)nc4n(-c4c(C)ccnc4C(C)C)c3=O)N2C[C@H]1C.O=S(=O)(O)O. The van der Waals surface area contributed by atoms with Crippen molar-refractivity contribution >= 4 is 56.2 Å². The first-order chi connectivity index (χ1) is 25.3. The molecule has 288 valence electrons. The fourth-order valence-corrected chi connectivity index (χ4v) is 7.12. The number of pyridine rings is 3. The van der Waals surface area contributed by atoms with E-state index in [0.717, 1.165) is 5.56 Å². The summed E-state index contributed by atoms with van der Waals surface area (Å²) < 4.78 is 48.4. The highest BCUT2D eigenvalue weighted by Gasteiger charge is 2.47. The lowest BCUT2D eigenvalue weighted by molar-refractivity contribution is -0.130. The Hall–Kier alpha value is -4.94. The van der Waals surface area contributed by atoms with Gasteiger partial charge in [-0.15, -0.1) is 0 Å². The second-order valence-electron chi connectivity index (χ2n) is 13.6. The van der Waals surface area contributed by atoms with Crippen LogP contribution >= 0.6 is 11.6 Å². The smallest absolute Gasteiger partial charge is 0.394 e. The maximum absolute atomic E-state index is 15.3. The number of rotatable bonds is 7. The number of anilines is 2. The number of aryl methyl sites for hydroxylation is 1. The van der Waals surface area contributed by atoms with E-state index in [2.05, 4.69) is 11.6 Å². The summed E-state index contributed by atoms with van der Waals surface area (Å²) in [6.07, 6.45) is 2.91. The van der Waals surface area contributed by atoms with Crippen LogP contribution in [0.2, 0.25) is 5.02 Å². The third-order valence-electron chi connectivity index (χ3n) is 9.28. The number of benzene rings is 1. The maximum atomic E-state index is 15.3. The van der Waals surface area contributed by atoms with E-state index in [0.29, 0.717) is 29.0 Å². The average Bonchev–Trinajstić information content (AvgIpc) is 3.07. The van der Waals surface area contributed by atoms with Crippen molar-refractivity contribution in [2.45, 2.75) is 45.7 Å². The summed E-state index contributed by atoms with van der Waals surface area (Å²) in [7, 11) is -0.908. The minimum atomic E-state index is -4.67. The second-order valence-corrected chi connectivity index (χ2v) is 14.9. The van der Waals surface area contributed by atoms with Gasteiger partial charge in [0.05, 0.1) is 39.9 Å². The lowest BCUT2D eigenvalue weighted by atomic mass is 9.97. The molecular weight excluding hydrogens is 745 g/mol. The number of aromatic nitrogens is 3. The fraction of sp³-hybridized carbons (Fsp3) is 0.361. The summed E-state index contributed by atoms with van der Waals surface area (Å²) in [6, 6.07) is 6.18. The molecule has 4 aromatic rings. The molecule has 1 fully saturated rings. The molecule has 0 radical (unpaired) electrons. The summed E-state index contributed by atoms with van der Waals surface area (Å²) in [5.41, 5.74) is 1.85. The average molecular weight is 786 g/mol. The van der Waals surface area contributed by atoms with Crippen LogP contribution in [0.3, 0.4) is 0 Å². The number of hydrogen-bond acceptors (Lipinski definition) is 10. The lowest BCUT2D eigenvalue weighted by Gasteiger charge is -2.50. The van der Waals surface area contributed by atoms with E-state index in [1.165, 1.54) is 33.7 Å². The molecule has 5 heterocycles. The zero-order valence-electron chi connectivity index (χ0n) is 30.5. The van der Waals surface area contributed by atoms with Gasteiger partial charge in [-0.1, -0.05) is 38.1 Å². The Kier molecular flexibility index (Phi) is 11.5. The predicted molar refractivity (Wildman–Crippen MR) is 204 cm³/mol. The number of nitrogens with zero attached hydrogens (tertiary/aromatic N) is 7. The Balaban J connectivity index is 0.00000105. The molecule has 0 spiro atoms. The standard InChI is InChI=1S/C36H39ClFN7O4.H2O4S/c1-8-27(47)43-18-25-35(48)42(15-14-41(6)7)33-32(44(25)17-21(43)5)22-16-23(37)30(28-24(38)10-9-11-26(28)46)40-34(22)45(36(33)49)31-20(4)12-13-39-29(31)19(2)3;1-5(2,3)4/h8-13,16,19,21,25,46H,1,14-15,17-18H2,2-7H3;(H2,1,2,3,4)/t21-,25-;/m1./s1. The number of halogens is 2. The highest BCUT2D eigenvalue weighted by Crippen LogP contribution is 2.45. The molecule has 15 nitrogen and oxygen atoms in total. The number of fused-ring (bicyclic) bond motifs is 5. The molecule has 3 aromatic heterocycles. The van der Waals surface area contributed by atoms with Crippen molar-refractivity contribution in [2.75, 3.05) is 50.1 Å². The third kappa shape index (κ3) is 7.67. The van der Waals surface area contributed by atoms with Crippen molar-refractivity contribution in [3.8, 4) is 22.7 Å². The van der Waals surface area contributed by atoms with Gasteiger partial charge in [0, 0.05) is 37.3 Å². The molecular formula is C36H41ClFN7O8S. The van der Waals surface area contributed by atoms with Crippen LogP contribution in [0.4, 0.5) is 15.8 Å². The van der Waals surface area contributed by atoms with E-state index < -0.39 is 27.8 Å². The molecule has 1 aromatic carbocycles. The van der Waals surface area contributed by atoms with Crippen LogP contribution in [-0.4, -0.2) is 111 Å². The van der Waals surface area contributed by atoms with Gasteiger partial charge < -0.3 is 24.7 Å². The van der Waals surface area contributed by atoms with Crippen LogP contribution in [0.15, 0.2) is 54.0 Å². The van der Waals surface area contributed by atoms with Crippen molar-refractivity contribution in [2.24, 2.45) is 0 Å². The monoisotopic (exact) mass is 785 g/mol. The Morgan fingerprint density at radius 1 is 1.15 bits per heavy atom. The van der Waals surface area contributed by atoms with E-state index in [-0.39, 0.29) is 76.8 Å². The van der Waals surface area contributed by atoms with Crippen LogP contribution in [0.1, 0.15) is 37.9 Å². The van der Waals surface area contributed by atoms with E-state index >= 15 is 9.18 Å². The van der Waals surface area contributed by atoms with Gasteiger partial charge in [-0.2, -0.15) is 8.42 Å². The van der Waals surface area contributed by atoms with Gasteiger partial charge in [0.15, 0.2) is 5.65 Å². The summed E-state index contributed by atoms with van der Waals surface area (Å²) >= 11 is 6.92.